The number of amides is 1. The third-order valence-electron chi connectivity index (χ3n) is 4.47. The molecule has 0 spiro atoms. The van der Waals surface area contributed by atoms with Gasteiger partial charge in [-0.25, -0.2) is 4.39 Å². The fraction of sp³-hybridized carbons (Fsp3) is 0.368. The van der Waals surface area contributed by atoms with Crippen LogP contribution in [0.4, 0.5) is 4.39 Å². The van der Waals surface area contributed by atoms with Crippen molar-refractivity contribution in [2.75, 3.05) is 26.8 Å². The van der Waals surface area contributed by atoms with Gasteiger partial charge in [0.05, 0.1) is 12.2 Å². The van der Waals surface area contributed by atoms with E-state index in [2.05, 4.69) is 0 Å². The lowest BCUT2D eigenvalue weighted by Gasteiger charge is -2.32. The van der Waals surface area contributed by atoms with Crippen LogP contribution in [0.25, 0.3) is 5.69 Å². The molecule has 1 aromatic heterocycles. The lowest BCUT2D eigenvalue weighted by Crippen LogP contribution is -2.41. The first kappa shape index (κ1) is 17.4. The van der Waals surface area contributed by atoms with Crippen LogP contribution in [-0.4, -0.2) is 42.2 Å². The molecule has 1 aliphatic heterocycles. The monoisotopic (exact) mass is 344 g/mol. The molecule has 132 valence electrons. The number of halogens is 1. The Bertz CT molecular complexity index is 799. The number of aromatic nitrogens is 1. The van der Waals surface area contributed by atoms with E-state index < -0.39 is 0 Å². The smallest absolute Gasteiger partial charge is 0.255 e. The van der Waals surface area contributed by atoms with Gasteiger partial charge in [0.1, 0.15) is 5.82 Å². The summed E-state index contributed by atoms with van der Waals surface area (Å²) < 4.78 is 19.7. The average molecular weight is 344 g/mol. The van der Waals surface area contributed by atoms with Crippen molar-refractivity contribution >= 4 is 5.91 Å². The summed E-state index contributed by atoms with van der Waals surface area (Å²) >= 11 is 0. The quantitative estimate of drug-likeness (QED) is 0.856. The van der Waals surface area contributed by atoms with Gasteiger partial charge in [0.25, 0.3) is 11.5 Å². The molecule has 1 unspecified atom stereocenters. The number of pyridine rings is 1. The Balaban J connectivity index is 1.85. The highest BCUT2D eigenvalue weighted by atomic mass is 19.1. The van der Waals surface area contributed by atoms with E-state index in [1.165, 1.54) is 41.1 Å². The van der Waals surface area contributed by atoms with E-state index in [0.29, 0.717) is 36.9 Å². The number of carbonyl (C=O) groups excluding carboxylic acids is 1. The maximum absolute atomic E-state index is 13.1. The number of ether oxygens (including phenoxy) is 1. The van der Waals surface area contributed by atoms with Gasteiger partial charge in [-0.15, -0.1) is 0 Å². The number of likely N-dealkylation sites (tertiary alicyclic amines) is 1. The molecule has 5 nitrogen and oxygen atoms in total. The average Bonchev–Trinajstić information content (AvgIpc) is 2.63. The summed E-state index contributed by atoms with van der Waals surface area (Å²) in [7, 11) is 1.67. The summed E-state index contributed by atoms with van der Waals surface area (Å²) in [6, 6.07) is 8.52. The Hall–Kier alpha value is -2.47. The maximum Gasteiger partial charge on any atom is 0.255 e. The van der Waals surface area contributed by atoms with Crippen LogP contribution in [0.2, 0.25) is 0 Å². The van der Waals surface area contributed by atoms with Gasteiger partial charge < -0.3 is 9.64 Å². The molecule has 1 amide bonds. The van der Waals surface area contributed by atoms with Gasteiger partial charge in [0.2, 0.25) is 0 Å². The number of hydrogen-bond acceptors (Lipinski definition) is 3. The molecule has 3 rings (SSSR count). The molecule has 2 aromatic rings. The van der Waals surface area contributed by atoms with Gasteiger partial charge in [-0.2, -0.15) is 0 Å². The number of nitrogens with zero attached hydrogens (tertiary/aromatic N) is 2. The normalized spacial score (nSPS) is 17.5. The Kier molecular flexibility index (Phi) is 5.28. The Labute approximate surface area is 145 Å². The molecule has 1 atom stereocenters. The molecule has 1 saturated heterocycles. The van der Waals surface area contributed by atoms with Gasteiger partial charge in [-0.3, -0.25) is 14.2 Å². The largest absolute Gasteiger partial charge is 0.384 e. The molecule has 1 fully saturated rings. The van der Waals surface area contributed by atoms with Crippen LogP contribution in [0.15, 0.2) is 47.4 Å². The second-order valence-corrected chi connectivity index (χ2v) is 6.32. The summed E-state index contributed by atoms with van der Waals surface area (Å²) in [5.41, 5.74) is 0.706. The SMILES string of the molecule is COCC1CCCN(C(=O)c2ccc(=O)n(-c3ccc(F)cc3)c2)C1. The molecular weight excluding hydrogens is 323 g/mol. The van der Waals surface area contributed by atoms with Crippen molar-refractivity contribution in [3.05, 3.63) is 64.3 Å². The second kappa shape index (κ2) is 7.61. The number of methoxy groups -OCH3 is 1. The first-order chi connectivity index (χ1) is 12.1. The van der Waals surface area contributed by atoms with Crippen molar-refractivity contribution in [1.29, 1.82) is 0 Å². The molecule has 2 heterocycles. The van der Waals surface area contributed by atoms with Crippen LogP contribution >= 0.6 is 0 Å². The highest BCUT2D eigenvalue weighted by Gasteiger charge is 2.24. The van der Waals surface area contributed by atoms with E-state index in [9.17, 15) is 14.0 Å². The van der Waals surface area contributed by atoms with Crippen molar-refractivity contribution in [3.8, 4) is 5.69 Å². The molecule has 0 radical (unpaired) electrons. The number of rotatable bonds is 4. The van der Waals surface area contributed by atoms with Crippen LogP contribution in [-0.2, 0) is 4.74 Å². The zero-order valence-corrected chi connectivity index (χ0v) is 14.2. The minimum atomic E-state index is -0.374. The van der Waals surface area contributed by atoms with E-state index in [1.807, 2.05) is 4.90 Å². The van der Waals surface area contributed by atoms with Crippen LogP contribution in [0.5, 0.6) is 0 Å². The number of carbonyl (C=O) groups is 1. The van der Waals surface area contributed by atoms with Crippen molar-refractivity contribution in [1.82, 2.24) is 9.47 Å². The van der Waals surface area contributed by atoms with E-state index in [0.717, 1.165) is 12.8 Å². The fourth-order valence-corrected chi connectivity index (χ4v) is 3.22. The minimum Gasteiger partial charge on any atom is -0.384 e. The molecule has 0 N–H and O–H groups in total. The van der Waals surface area contributed by atoms with Gasteiger partial charge in [-0.1, -0.05) is 0 Å². The fourth-order valence-electron chi connectivity index (χ4n) is 3.22. The Morgan fingerprint density at radius 1 is 1.24 bits per heavy atom. The second-order valence-electron chi connectivity index (χ2n) is 6.32. The van der Waals surface area contributed by atoms with Gasteiger partial charge in [-0.05, 0) is 49.1 Å². The number of piperidine rings is 1. The molecule has 0 aliphatic carbocycles. The zero-order chi connectivity index (χ0) is 17.8. The van der Waals surface area contributed by atoms with E-state index >= 15 is 0 Å². The predicted molar refractivity (Wildman–Crippen MR) is 92.5 cm³/mol. The molecular formula is C19H21FN2O3. The summed E-state index contributed by atoms with van der Waals surface area (Å²) in [6.45, 7) is 2.00. The highest BCUT2D eigenvalue weighted by Crippen LogP contribution is 2.19. The molecule has 1 aromatic carbocycles. The Morgan fingerprint density at radius 2 is 2.00 bits per heavy atom. The standard InChI is InChI=1S/C19H21FN2O3/c1-25-13-14-3-2-10-21(11-14)19(24)15-4-9-18(23)22(12-15)17-7-5-16(20)6-8-17/h4-9,12,14H,2-3,10-11,13H2,1H3. The topological polar surface area (TPSA) is 51.5 Å². The molecule has 0 bridgehead atoms. The van der Waals surface area contributed by atoms with Crippen LogP contribution in [0, 0.1) is 11.7 Å². The molecule has 0 saturated carbocycles. The third kappa shape index (κ3) is 3.96. The van der Waals surface area contributed by atoms with Crippen LogP contribution in [0.1, 0.15) is 23.2 Å². The lowest BCUT2D eigenvalue weighted by molar-refractivity contribution is 0.0570. The first-order valence-corrected chi connectivity index (χ1v) is 8.35. The van der Waals surface area contributed by atoms with Gasteiger partial charge in [0.15, 0.2) is 0 Å². The Morgan fingerprint density at radius 3 is 2.72 bits per heavy atom. The van der Waals surface area contributed by atoms with Crippen LogP contribution in [0.3, 0.4) is 0 Å². The lowest BCUT2D eigenvalue weighted by atomic mass is 9.98. The number of hydrogen-bond donors (Lipinski definition) is 0. The maximum atomic E-state index is 13.1. The van der Waals surface area contributed by atoms with Crippen molar-refractivity contribution in [2.45, 2.75) is 12.8 Å². The molecule has 25 heavy (non-hydrogen) atoms. The first-order valence-electron chi connectivity index (χ1n) is 8.35. The molecule has 6 heteroatoms. The predicted octanol–water partition coefficient (Wildman–Crippen LogP) is 2.48. The van der Waals surface area contributed by atoms with Gasteiger partial charge >= 0.3 is 0 Å². The van der Waals surface area contributed by atoms with E-state index in [1.54, 1.807) is 13.2 Å². The summed E-state index contributed by atoms with van der Waals surface area (Å²) in [5.74, 6) is -0.135. The highest BCUT2D eigenvalue weighted by molar-refractivity contribution is 5.94. The van der Waals surface area contributed by atoms with E-state index in [-0.39, 0.29) is 17.3 Å². The zero-order valence-electron chi connectivity index (χ0n) is 14.2. The number of benzene rings is 1. The van der Waals surface area contributed by atoms with Crippen molar-refractivity contribution < 1.29 is 13.9 Å². The van der Waals surface area contributed by atoms with Crippen molar-refractivity contribution in [2.24, 2.45) is 5.92 Å². The van der Waals surface area contributed by atoms with Gasteiger partial charge in [0, 0.05) is 38.1 Å². The summed E-state index contributed by atoms with van der Waals surface area (Å²) in [5, 5.41) is 0. The van der Waals surface area contributed by atoms with Crippen molar-refractivity contribution in [3.63, 3.8) is 0 Å². The summed E-state index contributed by atoms with van der Waals surface area (Å²) in [6.07, 6.45) is 3.52. The third-order valence-corrected chi connectivity index (χ3v) is 4.47. The van der Waals surface area contributed by atoms with E-state index in [4.69, 9.17) is 4.74 Å². The van der Waals surface area contributed by atoms with Crippen LogP contribution < -0.4 is 5.56 Å². The molecule has 1 aliphatic rings. The summed E-state index contributed by atoms with van der Waals surface area (Å²) in [4.78, 5) is 26.7. The minimum absolute atomic E-state index is 0.100.